The first-order valence-electron chi connectivity index (χ1n) is 13.0. The van der Waals surface area contributed by atoms with E-state index in [0.29, 0.717) is 45.9 Å². The van der Waals surface area contributed by atoms with E-state index in [1.807, 2.05) is 66.9 Å². The summed E-state index contributed by atoms with van der Waals surface area (Å²) in [5.74, 6) is 0.946. The van der Waals surface area contributed by atoms with E-state index in [4.69, 9.17) is 30.5 Å². The molecule has 0 aliphatic rings. The van der Waals surface area contributed by atoms with E-state index in [1.165, 1.54) is 17.4 Å². The van der Waals surface area contributed by atoms with Gasteiger partial charge in [0, 0.05) is 22.0 Å². The monoisotopic (exact) mass is 591 g/mol. The molecule has 0 aliphatic carbocycles. The molecule has 1 N–H and O–H groups in total. The normalized spacial score (nSPS) is 10.8. The first-order valence-corrected chi connectivity index (χ1v) is 14.2. The van der Waals surface area contributed by atoms with Gasteiger partial charge in [-0.15, -0.1) is 11.3 Å². The third-order valence-corrected chi connectivity index (χ3v) is 7.05. The molecule has 0 aliphatic heterocycles. The second-order valence-corrected chi connectivity index (χ2v) is 10.00. The first-order chi connectivity index (χ1) is 19.9. The number of amides is 1. The van der Waals surface area contributed by atoms with Crippen LogP contribution in [0.15, 0.2) is 78.2 Å². The van der Waals surface area contributed by atoms with Gasteiger partial charge < -0.3 is 24.3 Å². The van der Waals surface area contributed by atoms with E-state index in [9.17, 15) is 9.59 Å². The number of benzene rings is 3. The lowest BCUT2D eigenvalue weighted by Gasteiger charge is -2.11. The zero-order valence-corrected chi connectivity index (χ0v) is 24.5. The average Bonchev–Trinajstić information content (AvgIpc) is 3.40. The van der Waals surface area contributed by atoms with Gasteiger partial charge >= 0.3 is 5.97 Å². The van der Waals surface area contributed by atoms with Crippen molar-refractivity contribution in [1.29, 1.82) is 0 Å². The van der Waals surface area contributed by atoms with E-state index < -0.39 is 11.9 Å². The molecule has 212 valence electrons. The molecule has 0 spiro atoms. The van der Waals surface area contributed by atoms with E-state index in [-0.39, 0.29) is 6.61 Å². The van der Waals surface area contributed by atoms with E-state index >= 15 is 0 Å². The molecule has 0 unspecified atom stereocenters. The van der Waals surface area contributed by atoms with Crippen LogP contribution >= 0.6 is 22.9 Å². The molecule has 0 radical (unpaired) electrons. The van der Waals surface area contributed by atoms with Crippen molar-refractivity contribution in [1.82, 2.24) is 0 Å². The van der Waals surface area contributed by atoms with Crippen molar-refractivity contribution in [2.24, 2.45) is 0 Å². The Kier molecular flexibility index (Phi) is 10.4. The predicted molar refractivity (Wildman–Crippen MR) is 163 cm³/mol. The number of anilines is 1. The molecule has 0 bridgehead atoms. The van der Waals surface area contributed by atoms with Crippen molar-refractivity contribution in [3.63, 3.8) is 0 Å². The summed E-state index contributed by atoms with van der Waals surface area (Å²) < 4.78 is 22.2. The number of carbonyl (C=O) groups excluding carboxylic acids is 2. The number of ether oxygens (including phenoxy) is 4. The van der Waals surface area contributed by atoms with Gasteiger partial charge in [0.15, 0.2) is 11.5 Å². The van der Waals surface area contributed by atoms with Gasteiger partial charge in [-0.25, -0.2) is 4.79 Å². The van der Waals surface area contributed by atoms with Gasteiger partial charge in [-0.2, -0.15) is 0 Å². The summed E-state index contributed by atoms with van der Waals surface area (Å²) in [6.45, 7) is 4.79. The summed E-state index contributed by atoms with van der Waals surface area (Å²) in [6, 6.07) is 20.2. The van der Waals surface area contributed by atoms with Crippen LogP contribution in [0.3, 0.4) is 0 Å². The van der Waals surface area contributed by atoms with Gasteiger partial charge in [0.1, 0.15) is 22.9 Å². The van der Waals surface area contributed by atoms with Crippen LogP contribution in [0.25, 0.3) is 17.2 Å². The Labute approximate surface area is 248 Å². The van der Waals surface area contributed by atoms with Crippen LogP contribution in [0.1, 0.15) is 35.3 Å². The number of halogens is 1. The average molecular weight is 592 g/mol. The van der Waals surface area contributed by atoms with Gasteiger partial charge in [-0.3, -0.25) is 4.79 Å². The van der Waals surface area contributed by atoms with Crippen molar-refractivity contribution in [3.8, 4) is 28.4 Å². The molecule has 41 heavy (non-hydrogen) atoms. The van der Waals surface area contributed by atoms with Crippen LogP contribution in [0.5, 0.6) is 17.2 Å². The van der Waals surface area contributed by atoms with E-state index in [1.54, 1.807) is 32.2 Å². The lowest BCUT2D eigenvalue weighted by molar-refractivity contribution is -0.111. The van der Waals surface area contributed by atoms with Crippen molar-refractivity contribution < 1.29 is 28.5 Å². The predicted octanol–water partition coefficient (Wildman–Crippen LogP) is 7.88. The van der Waals surface area contributed by atoms with Gasteiger partial charge in [0.2, 0.25) is 5.91 Å². The van der Waals surface area contributed by atoms with Crippen LogP contribution in [0.4, 0.5) is 5.00 Å². The van der Waals surface area contributed by atoms with Crippen LogP contribution in [0.2, 0.25) is 5.02 Å². The highest BCUT2D eigenvalue weighted by atomic mass is 35.5. The highest BCUT2D eigenvalue weighted by Crippen LogP contribution is 2.37. The van der Waals surface area contributed by atoms with Gasteiger partial charge in [0.05, 0.1) is 20.3 Å². The lowest BCUT2D eigenvalue weighted by Crippen LogP contribution is -2.12. The number of hydrogen-bond acceptors (Lipinski definition) is 7. The van der Waals surface area contributed by atoms with Crippen molar-refractivity contribution in [2.75, 3.05) is 25.6 Å². The summed E-state index contributed by atoms with van der Waals surface area (Å²) in [7, 11) is 1.56. The van der Waals surface area contributed by atoms with Crippen LogP contribution < -0.4 is 19.5 Å². The topological polar surface area (TPSA) is 83.1 Å². The SMILES string of the molecule is CCOC(=O)c1c(-c2ccc(OCC)cc2)csc1NC(=O)/C=C/c1ccc(OCc2ccc(Cl)cc2)c(OC)c1. The van der Waals surface area contributed by atoms with E-state index in [0.717, 1.165) is 22.4 Å². The summed E-state index contributed by atoms with van der Waals surface area (Å²) >= 11 is 7.21. The maximum Gasteiger partial charge on any atom is 0.341 e. The fourth-order valence-corrected chi connectivity index (χ4v) is 5.03. The number of hydrogen-bond donors (Lipinski definition) is 1. The summed E-state index contributed by atoms with van der Waals surface area (Å²) in [6.07, 6.45) is 3.06. The zero-order chi connectivity index (χ0) is 29.2. The molecule has 4 rings (SSSR count). The van der Waals surface area contributed by atoms with Crippen LogP contribution in [-0.2, 0) is 16.1 Å². The Balaban J connectivity index is 1.47. The third-order valence-electron chi connectivity index (χ3n) is 5.91. The second-order valence-electron chi connectivity index (χ2n) is 8.68. The van der Waals surface area contributed by atoms with Gasteiger partial charge in [-0.1, -0.05) is 41.9 Å². The molecule has 0 saturated heterocycles. The third kappa shape index (κ3) is 7.90. The molecule has 0 fully saturated rings. The number of methoxy groups -OCH3 is 1. The molecular formula is C32H30ClNO6S. The van der Waals surface area contributed by atoms with Gasteiger partial charge in [0.25, 0.3) is 0 Å². The number of esters is 1. The highest BCUT2D eigenvalue weighted by molar-refractivity contribution is 7.15. The smallest absolute Gasteiger partial charge is 0.341 e. The lowest BCUT2D eigenvalue weighted by atomic mass is 10.0. The maximum atomic E-state index is 12.9. The number of rotatable bonds is 12. The summed E-state index contributed by atoms with van der Waals surface area (Å²) in [5, 5.41) is 5.73. The zero-order valence-electron chi connectivity index (χ0n) is 22.9. The quantitative estimate of drug-likeness (QED) is 0.133. The highest BCUT2D eigenvalue weighted by Gasteiger charge is 2.22. The number of nitrogens with one attached hydrogen (secondary N) is 1. The number of carbonyl (C=O) groups is 2. The molecular weight excluding hydrogens is 562 g/mol. The van der Waals surface area contributed by atoms with Crippen molar-refractivity contribution in [3.05, 3.63) is 99.9 Å². The first kappa shape index (κ1) is 29.7. The molecule has 0 atom stereocenters. The minimum Gasteiger partial charge on any atom is -0.494 e. The summed E-state index contributed by atoms with van der Waals surface area (Å²) in [4.78, 5) is 25.7. The maximum absolute atomic E-state index is 12.9. The molecule has 1 aromatic heterocycles. The van der Waals surface area contributed by atoms with E-state index in [2.05, 4.69) is 5.32 Å². The minimum absolute atomic E-state index is 0.214. The summed E-state index contributed by atoms with van der Waals surface area (Å²) in [5.41, 5.74) is 3.51. The Bertz CT molecular complexity index is 1510. The fourth-order valence-electron chi connectivity index (χ4n) is 3.94. The molecule has 1 heterocycles. The molecule has 7 nitrogen and oxygen atoms in total. The van der Waals surface area contributed by atoms with Crippen LogP contribution in [-0.4, -0.2) is 32.2 Å². The Morgan fingerprint density at radius 2 is 1.68 bits per heavy atom. The Hall–Kier alpha value is -4.27. The Morgan fingerprint density at radius 1 is 0.927 bits per heavy atom. The standard InChI is InChI=1S/C32H30ClNO6S/c1-4-38-25-14-10-23(11-15-25)26-20-41-31(30(26)32(36)39-5-2)34-29(35)17-9-21-8-16-27(28(18-21)37-3)40-19-22-6-12-24(33)13-7-22/h6-18,20H,4-5,19H2,1-3H3,(H,34,35)/b17-9+. The molecule has 3 aromatic carbocycles. The minimum atomic E-state index is -0.504. The van der Waals surface area contributed by atoms with Gasteiger partial charge in [-0.05, 0) is 73.0 Å². The molecule has 0 saturated carbocycles. The number of thiophene rings is 1. The second kappa shape index (κ2) is 14.4. The largest absolute Gasteiger partial charge is 0.494 e. The molecule has 9 heteroatoms. The van der Waals surface area contributed by atoms with Crippen molar-refractivity contribution >= 4 is 45.9 Å². The van der Waals surface area contributed by atoms with Crippen LogP contribution in [0, 0.1) is 0 Å². The van der Waals surface area contributed by atoms with Crippen molar-refractivity contribution in [2.45, 2.75) is 20.5 Å². The molecule has 1 amide bonds. The molecule has 4 aromatic rings. The fraction of sp³-hybridized carbons (Fsp3) is 0.188. The Morgan fingerprint density at radius 3 is 2.37 bits per heavy atom.